The van der Waals surface area contributed by atoms with Crippen LogP contribution in [0.5, 0.6) is 0 Å². The van der Waals surface area contributed by atoms with E-state index in [0.29, 0.717) is 11.9 Å². The van der Waals surface area contributed by atoms with Crippen molar-refractivity contribution in [2.75, 3.05) is 6.61 Å². The highest BCUT2D eigenvalue weighted by atomic mass is 16.3. The SMILES string of the molecule is O=CC1=CC(=O)CC1CO. The number of ketones is 1. The first kappa shape index (κ1) is 7.15. The van der Waals surface area contributed by atoms with Gasteiger partial charge >= 0.3 is 0 Å². The number of hydrogen-bond donors (Lipinski definition) is 1. The summed E-state index contributed by atoms with van der Waals surface area (Å²) in [6, 6.07) is 0. The van der Waals surface area contributed by atoms with E-state index in [1.165, 1.54) is 6.08 Å². The summed E-state index contributed by atoms with van der Waals surface area (Å²) in [6.07, 6.45) is 2.21. The van der Waals surface area contributed by atoms with Crippen LogP contribution in [-0.4, -0.2) is 23.8 Å². The van der Waals surface area contributed by atoms with Gasteiger partial charge in [0.25, 0.3) is 0 Å². The van der Waals surface area contributed by atoms with Crippen molar-refractivity contribution in [1.29, 1.82) is 0 Å². The Balaban J connectivity index is 2.74. The normalized spacial score (nSPS) is 24.7. The van der Waals surface area contributed by atoms with Crippen LogP contribution in [0.1, 0.15) is 6.42 Å². The molecule has 1 aliphatic carbocycles. The van der Waals surface area contributed by atoms with Crippen LogP contribution in [0.15, 0.2) is 11.6 Å². The molecule has 0 fully saturated rings. The van der Waals surface area contributed by atoms with E-state index in [1.807, 2.05) is 0 Å². The summed E-state index contributed by atoms with van der Waals surface area (Å²) >= 11 is 0. The minimum Gasteiger partial charge on any atom is -0.396 e. The zero-order valence-electron chi connectivity index (χ0n) is 5.41. The Morgan fingerprint density at radius 2 is 2.50 bits per heavy atom. The van der Waals surface area contributed by atoms with E-state index in [2.05, 4.69) is 0 Å². The third kappa shape index (κ3) is 1.14. The van der Waals surface area contributed by atoms with E-state index in [0.717, 1.165) is 0 Å². The topological polar surface area (TPSA) is 54.4 Å². The Morgan fingerprint density at radius 3 is 2.90 bits per heavy atom. The molecule has 0 bridgehead atoms. The lowest BCUT2D eigenvalue weighted by molar-refractivity contribution is -0.114. The number of aliphatic hydroxyl groups is 1. The maximum Gasteiger partial charge on any atom is 0.156 e. The molecular formula is C7H8O3. The van der Waals surface area contributed by atoms with Gasteiger partial charge < -0.3 is 5.11 Å². The molecule has 1 rings (SSSR count). The van der Waals surface area contributed by atoms with Crippen molar-refractivity contribution in [1.82, 2.24) is 0 Å². The molecule has 0 aromatic carbocycles. The average Bonchev–Trinajstić information content (AvgIpc) is 2.30. The maximum absolute atomic E-state index is 10.6. The highest BCUT2D eigenvalue weighted by molar-refractivity contribution is 5.99. The number of hydrogen-bond acceptors (Lipinski definition) is 3. The highest BCUT2D eigenvalue weighted by Crippen LogP contribution is 2.20. The zero-order chi connectivity index (χ0) is 7.56. The maximum atomic E-state index is 10.6. The number of aliphatic hydroxyl groups excluding tert-OH is 1. The van der Waals surface area contributed by atoms with Crippen LogP contribution in [0.3, 0.4) is 0 Å². The Bertz CT molecular complexity index is 193. The third-order valence-electron chi connectivity index (χ3n) is 1.60. The Morgan fingerprint density at radius 1 is 1.80 bits per heavy atom. The minimum atomic E-state index is -0.245. The first-order valence-electron chi connectivity index (χ1n) is 3.08. The summed E-state index contributed by atoms with van der Waals surface area (Å²) < 4.78 is 0. The lowest BCUT2D eigenvalue weighted by atomic mass is 10.0. The molecule has 1 atom stereocenters. The summed E-state index contributed by atoms with van der Waals surface area (Å²) in [5, 5.41) is 8.63. The summed E-state index contributed by atoms with van der Waals surface area (Å²) in [4.78, 5) is 20.8. The molecule has 3 heteroatoms. The van der Waals surface area contributed by atoms with Gasteiger partial charge in [0.05, 0.1) is 6.61 Å². The van der Waals surface area contributed by atoms with E-state index in [-0.39, 0.29) is 24.7 Å². The first-order chi connectivity index (χ1) is 4.77. The van der Waals surface area contributed by atoms with E-state index < -0.39 is 0 Å². The van der Waals surface area contributed by atoms with Gasteiger partial charge in [-0.15, -0.1) is 0 Å². The molecular weight excluding hydrogens is 132 g/mol. The van der Waals surface area contributed by atoms with Gasteiger partial charge in [-0.1, -0.05) is 0 Å². The van der Waals surface area contributed by atoms with E-state index >= 15 is 0 Å². The second-order valence-electron chi connectivity index (χ2n) is 2.31. The Kier molecular flexibility index (Phi) is 1.97. The predicted molar refractivity (Wildman–Crippen MR) is 34.3 cm³/mol. The number of carbonyl (C=O) groups excluding carboxylic acids is 2. The molecule has 54 valence electrons. The van der Waals surface area contributed by atoms with Gasteiger partial charge in [-0.25, -0.2) is 0 Å². The van der Waals surface area contributed by atoms with Crippen LogP contribution in [0.25, 0.3) is 0 Å². The van der Waals surface area contributed by atoms with Gasteiger partial charge in [-0.05, 0) is 6.08 Å². The van der Waals surface area contributed by atoms with Gasteiger partial charge in [-0.3, -0.25) is 9.59 Å². The second-order valence-corrected chi connectivity index (χ2v) is 2.31. The van der Waals surface area contributed by atoms with Gasteiger partial charge in [0.1, 0.15) is 6.29 Å². The van der Waals surface area contributed by atoms with Gasteiger partial charge in [0.15, 0.2) is 5.78 Å². The molecule has 0 saturated carbocycles. The van der Waals surface area contributed by atoms with E-state index in [4.69, 9.17) is 5.11 Å². The lowest BCUT2D eigenvalue weighted by Gasteiger charge is -2.02. The summed E-state index contributed by atoms with van der Waals surface area (Å²) in [7, 11) is 0. The van der Waals surface area contributed by atoms with Crippen LogP contribution in [0, 0.1) is 5.92 Å². The first-order valence-corrected chi connectivity index (χ1v) is 3.08. The zero-order valence-corrected chi connectivity index (χ0v) is 5.41. The van der Waals surface area contributed by atoms with Crippen LogP contribution >= 0.6 is 0 Å². The predicted octanol–water partition coefficient (Wildman–Crippen LogP) is -0.307. The summed E-state index contributed by atoms with van der Waals surface area (Å²) in [6.45, 7) is -0.115. The molecule has 0 spiro atoms. The number of aldehydes is 1. The molecule has 1 aliphatic rings. The van der Waals surface area contributed by atoms with Crippen molar-refractivity contribution in [3.63, 3.8) is 0 Å². The summed E-state index contributed by atoms with van der Waals surface area (Å²) in [5.74, 6) is -0.314. The molecule has 1 N–H and O–H groups in total. The monoisotopic (exact) mass is 140 g/mol. The van der Waals surface area contributed by atoms with E-state index in [9.17, 15) is 9.59 Å². The fraction of sp³-hybridized carbons (Fsp3) is 0.429. The van der Waals surface area contributed by atoms with Gasteiger partial charge in [-0.2, -0.15) is 0 Å². The van der Waals surface area contributed by atoms with Crippen LogP contribution in [0.4, 0.5) is 0 Å². The Hall–Kier alpha value is -0.960. The minimum absolute atomic E-state index is 0.0684. The van der Waals surface area contributed by atoms with Gasteiger partial charge in [0.2, 0.25) is 0 Å². The van der Waals surface area contributed by atoms with Crippen molar-refractivity contribution < 1.29 is 14.7 Å². The molecule has 10 heavy (non-hydrogen) atoms. The van der Waals surface area contributed by atoms with Crippen molar-refractivity contribution in [3.05, 3.63) is 11.6 Å². The third-order valence-corrected chi connectivity index (χ3v) is 1.60. The van der Waals surface area contributed by atoms with Gasteiger partial charge in [0, 0.05) is 17.9 Å². The number of carbonyl (C=O) groups is 2. The molecule has 0 heterocycles. The fourth-order valence-corrected chi connectivity index (χ4v) is 1.02. The number of allylic oxidation sites excluding steroid dienone is 1. The fourth-order valence-electron chi connectivity index (χ4n) is 1.02. The van der Waals surface area contributed by atoms with Crippen LogP contribution < -0.4 is 0 Å². The molecule has 0 aromatic rings. The quantitative estimate of drug-likeness (QED) is 0.535. The molecule has 0 saturated heterocycles. The van der Waals surface area contributed by atoms with Crippen LogP contribution in [0.2, 0.25) is 0 Å². The number of rotatable bonds is 2. The molecule has 0 radical (unpaired) electrons. The molecule has 0 amide bonds. The second kappa shape index (κ2) is 2.75. The molecule has 0 aromatic heterocycles. The lowest BCUT2D eigenvalue weighted by Crippen LogP contribution is -2.06. The van der Waals surface area contributed by atoms with Crippen molar-refractivity contribution in [3.8, 4) is 0 Å². The van der Waals surface area contributed by atoms with Crippen molar-refractivity contribution in [2.24, 2.45) is 5.92 Å². The molecule has 3 nitrogen and oxygen atoms in total. The van der Waals surface area contributed by atoms with Crippen LogP contribution in [-0.2, 0) is 9.59 Å². The average molecular weight is 140 g/mol. The van der Waals surface area contributed by atoms with Crippen molar-refractivity contribution in [2.45, 2.75) is 6.42 Å². The molecule has 0 aliphatic heterocycles. The molecule has 1 unspecified atom stereocenters. The smallest absolute Gasteiger partial charge is 0.156 e. The largest absolute Gasteiger partial charge is 0.396 e. The highest BCUT2D eigenvalue weighted by Gasteiger charge is 2.22. The van der Waals surface area contributed by atoms with E-state index in [1.54, 1.807) is 0 Å². The summed E-state index contributed by atoms with van der Waals surface area (Å²) in [5.41, 5.74) is 0.424. The Labute approximate surface area is 58.4 Å². The van der Waals surface area contributed by atoms with Crippen molar-refractivity contribution >= 4 is 12.1 Å². The standard InChI is InChI=1S/C7H8O3/c8-3-5-1-7(10)2-6(5)4-9/h1,3,6,9H,2,4H2.